The Morgan fingerprint density at radius 2 is 1.90 bits per heavy atom. The number of rotatable bonds is 3. The van der Waals surface area contributed by atoms with Gasteiger partial charge in [-0.3, -0.25) is 10.6 Å². The third-order valence-electron chi connectivity index (χ3n) is 2.58. The molecule has 2 rings (SSSR count). The van der Waals surface area contributed by atoms with Crippen molar-refractivity contribution in [3.63, 3.8) is 0 Å². The zero-order valence-electron chi connectivity index (χ0n) is 10.1. The molecular formula is C13H10BrF2N3O. The molecule has 0 aliphatic heterocycles. The van der Waals surface area contributed by atoms with Crippen LogP contribution in [0, 0.1) is 11.6 Å². The zero-order valence-corrected chi connectivity index (χ0v) is 11.7. The van der Waals surface area contributed by atoms with Gasteiger partial charge in [-0.25, -0.2) is 8.78 Å². The van der Waals surface area contributed by atoms with E-state index in [0.717, 1.165) is 6.07 Å². The molecule has 104 valence electrons. The van der Waals surface area contributed by atoms with Gasteiger partial charge in [0.05, 0.1) is 16.9 Å². The van der Waals surface area contributed by atoms with Crippen molar-refractivity contribution in [2.45, 2.75) is 0 Å². The summed E-state index contributed by atoms with van der Waals surface area (Å²) in [6.07, 6.45) is 0. The van der Waals surface area contributed by atoms with Crippen molar-refractivity contribution >= 4 is 33.2 Å². The molecule has 0 fully saturated rings. The number of halogens is 3. The lowest BCUT2D eigenvalue weighted by Crippen LogP contribution is -2.18. The molecule has 0 aliphatic rings. The minimum absolute atomic E-state index is 0.0170. The fourth-order valence-corrected chi connectivity index (χ4v) is 2.00. The Kier molecular flexibility index (Phi) is 4.31. The maximum absolute atomic E-state index is 13.6. The first kappa shape index (κ1) is 14.4. The Balaban J connectivity index is 2.33. The van der Waals surface area contributed by atoms with Crippen LogP contribution < -0.4 is 16.6 Å². The molecule has 0 saturated heterocycles. The van der Waals surface area contributed by atoms with E-state index in [9.17, 15) is 13.6 Å². The third kappa shape index (κ3) is 2.94. The SMILES string of the molecule is NNc1c(F)cccc1C(=O)Nc1cc(Br)ccc1F. The summed E-state index contributed by atoms with van der Waals surface area (Å²) in [6.45, 7) is 0. The summed E-state index contributed by atoms with van der Waals surface area (Å²) in [5.41, 5.74) is 1.93. The topological polar surface area (TPSA) is 67.1 Å². The number of hydrogen-bond donors (Lipinski definition) is 3. The van der Waals surface area contributed by atoms with Gasteiger partial charge in [0, 0.05) is 4.47 Å². The molecule has 0 bridgehead atoms. The Morgan fingerprint density at radius 1 is 1.15 bits per heavy atom. The van der Waals surface area contributed by atoms with Crippen LogP contribution in [0.2, 0.25) is 0 Å². The number of nitrogens with two attached hydrogens (primary N) is 1. The standard InChI is InChI=1S/C13H10BrF2N3O/c14-7-4-5-9(15)11(6-7)18-13(20)8-2-1-3-10(16)12(8)19-17/h1-6,19H,17H2,(H,18,20). The number of para-hydroxylation sites is 1. The van der Waals surface area contributed by atoms with E-state index in [4.69, 9.17) is 5.84 Å². The van der Waals surface area contributed by atoms with E-state index >= 15 is 0 Å². The van der Waals surface area contributed by atoms with Gasteiger partial charge in [0.15, 0.2) is 0 Å². The van der Waals surface area contributed by atoms with Crippen LogP contribution in [-0.2, 0) is 0 Å². The van der Waals surface area contributed by atoms with Gasteiger partial charge in [-0.15, -0.1) is 0 Å². The monoisotopic (exact) mass is 341 g/mol. The highest BCUT2D eigenvalue weighted by Gasteiger charge is 2.16. The number of nitrogens with one attached hydrogen (secondary N) is 2. The quantitative estimate of drug-likeness (QED) is 0.592. The first-order valence-electron chi connectivity index (χ1n) is 5.54. The lowest BCUT2D eigenvalue weighted by Gasteiger charge is -2.11. The minimum Gasteiger partial charge on any atom is -0.321 e. The number of benzene rings is 2. The zero-order chi connectivity index (χ0) is 14.7. The Morgan fingerprint density at radius 3 is 2.60 bits per heavy atom. The van der Waals surface area contributed by atoms with Gasteiger partial charge in [0.2, 0.25) is 0 Å². The molecule has 4 nitrogen and oxygen atoms in total. The first-order chi connectivity index (χ1) is 9.52. The first-order valence-corrected chi connectivity index (χ1v) is 6.33. The number of hydrogen-bond acceptors (Lipinski definition) is 3. The van der Waals surface area contributed by atoms with Gasteiger partial charge in [-0.1, -0.05) is 22.0 Å². The molecule has 0 aromatic heterocycles. The molecule has 0 aliphatic carbocycles. The number of carbonyl (C=O) groups is 1. The van der Waals surface area contributed by atoms with Crippen LogP contribution in [0.4, 0.5) is 20.2 Å². The van der Waals surface area contributed by atoms with Crippen LogP contribution in [-0.4, -0.2) is 5.91 Å². The smallest absolute Gasteiger partial charge is 0.258 e. The molecule has 0 heterocycles. The summed E-state index contributed by atoms with van der Waals surface area (Å²) in [4.78, 5) is 12.1. The van der Waals surface area contributed by atoms with Crippen LogP contribution in [0.15, 0.2) is 40.9 Å². The molecule has 0 unspecified atom stereocenters. The predicted octanol–water partition coefficient (Wildman–Crippen LogP) is 3.27. The van der Waals surface area contributed by atoms with Crippen molar-refractivity contribution in [1.82, 2.24) is 0 Å². The van der Waals surface area contributed by atoms with Gasteiger partial charge in [0.1, 0.15) is 11.6 Å². The molecule has 2 aromatic carbocycles. The summed E-state index contributed by atoms with van der Waals surface area (Å²) < 4.78 is 27.6. The second kappa shape index (κ2) is 5.98. The van der Waals surface area contributed by atoms with Crippen LogP contribution in [0.25, 0.3) is 0 Å². The van der Waals surface area contributed by atoms with Gasteiger partial charge < -0.3 is 10.7 Å². The molecule has 4 N–H and O–H groups in total. The van der Waals surface area contributed by atoms with Crippen molar-refractivity contribution < 1.29 is 13.6 Å². The van der Waals surface area contributed by atoms with Crippen molar-refractivity contribution in [1.29, 1.82) is 0 Å². The Labute approximate surface area is 122 Å². The normalized spacial score (nSPS) is 10.2. The molecular weight excluding hydrogens is 332 g/mol. The highest BCUT2D eigenvalue weighted by atomic mass is 79.9. The molecule has 0 atom stereocenters. The van der Waals surface area contributed by atoms with Crippen molar-refractivity contribution in [2.24, 2.45) is 5.84 Å². The van der Waals surface area contributed by atoms with E-state index in [1.807, 2.05) is 0 Å². The number of carbonyl (C=O) groups excluding carboxylic acids is 1. The summed E-state index contributed by atoms with van der Waals surface area (Å²) >= 11 is 3.17. The number of nitrogen functional groups attached to an aromatic ring is 1. The second-order valence-electron chi connectivity index (χ2n) is 3.89. The van der Waals surface area contributed by atoms with E-state index in [1.54, 1.807) is 0 Å². The van der Waals surface area contributed by atoms with E-state index in [1.165, 1.54) is 30.3 Å². The molecule has 1 amide bonds. The van der Waals surface area contributed by atoms with Crippen molar-refractivity contribution in [3.05, 3.63) is 58.1 Å². The van der Waals surface area contributed by atoms with E-state index < -0.39 is 17.5 Å². The summed E-state index contributed by atoms with van der Waals surface area (Å²) in [6, 6.07) is 8.01. The largest absolute Gasteiger partial charge is 0.321 e. The number of amides is 1. The van der Waals surface area contributed by atoms with Crippen molar-refractivity contribution in [2.75, 3.05) is 10.7 Å². The fraction of sp³-hybridized carbons (Fsp3) is 0. The highest BCUT2D eigenvalue weighted by molar-refractivity contribution is 9.10. The maximum Gasteiger partial charge on any atom is 0.258 e. The van der Waals surface area contributed by atoms with Gasteiger partial charge >= 0.3 is 0 Å². The van der Waals surface area contributed by atoms with Crippen LogP contribution >= 0.6 is 15.9 Å². The van der Waals surface area contributed by atoms with E-state index in [2.05, 4.69) is 26.7 Å². The second-order valence-corrected chi connectivity index (χ2v) is 4.80. The molecule has 7 heteroatoms. The molecule has 20 heavy (non-hydrogen) atoms. The highest BCUT2D eigenvalue weighted by Crippen LogP contribution is 2.23. The average Bonchev–Trinajstić information content (AvgIpc) is 2.42. The predicted molar refractivity (Wildman–Crippen MR) is 76.3 cm³/mol. The maximum atomic E-state index is 13.6. The summed E-state index contributed by atoms with van der Waals surface area (Å²) in [5.74, 6) is 3.24. The fourth-order valence-electron chi connectivity index (χ4n) is 1.64. The number of anilines is 2. The summed E-state index contributed by atoms with van der Waals surface area (Å²) in [7, 11) is 0. The van der Waals surface area contributed by atoms with Gasteiger partial charge in [-0.2, -0.15) is 0 Å². The molecule has 0 radical (unpaired) electrons. The number of hydrazine groups is 1. The van der Waals surface area contributed by atoms with Crippen LogP contribution in [0.3, 0.4) is 0 Å². The Bertz CT molecular complexity index is 664. The lowest BCUT2D eigenvalue weighted by molar-refractivity contribution is 0.102. The van der Waals surface area contributed by atoms with Gasteiger partial charge in [-0.05, 0) is 30.3 Å². The summed E-state index contributed by atoms with van der Waals surface area (Å²) in [5, 5.41) is 2.36. The van der Waals surface area contributed by atoms with E-state index in [-0.39, 0.29) is 16.9 Å². The van der Waals surface area contributed by atoms with Crippen LogP contribution in [0.5, 0.6) is 0 Å². The molecule has 0 saturated carbocycles. The minimum atomic E-state index is -0.672. The van der Waals surface area contributed by atoms with Crippen LogP contribution in [0.1, 0.15) is 10.4 Å². The van der Waals surface area contributed by atoms with E-state index in [0.29, 0.717) is 4.47 Å². The third-order valence-corrected chi connectivity index (χ3v) is 3.07. The van der Waals surface area contributed by atoms with Crippen molar-refractivity contribution in [3.8, 4) is 0 Å². The Hall–Kier alpha value is -1.99. The molecule has 0 spiro atoms. The molecule has 2 aromatic rings. The lowest BCUT2D eigenvalue weighted by atomic mass is 10.1. The average molecular weight is 342 g/mol. The van der Waals surface area contributed by atoms with Gasteiger partial charge in [0.25, 0.3) is 5.91 Å².